The molecule has 0 saturated heterocycles. The molecule has 3 nitrogen and oxygen atoms in total. The van der Waals surface area contributed by atoms with Crippen LogP contribution in [-0.2, 0) is 4.74 Å². The fraction of sp³-hybridized carbons (Fsp3) is 0.917. The Morgan fingerprint density at radius 1 is 1.60 bits per heavy atom. The SMILES string of the molecule is CC(CC(C)(N)C#N)OCCC1CCC1. The third-order valence-electron chi connectivity index (χ3n) is 3.12. The van der Waals surface area contributed by atoms with Crippen molar-refractivity contribution in [2.24, 2.45) is 11.7 Å². The molecule has 0 aromatic heterocycles. The van der Waals surface area contributed by atoms with Crippen molar-refractivity contribution in [3.8, 4) is 6.07 Å². The number of nitriles is 1. The van der Waals surface area contributed by atoms with Crippen LogP contribution in [0.1, 0.15) is 46.0 Å². The molecule has 0 heterocycles. The number of hydrogen-bond acceptors (Lipinski definition) is 3. The Balaban J connectivity index is 2.07. The van der Waals surface area contributed by atoms with Crippen LogP contribution in [0, 0.1) is 17.2 Å². The highest BCUT2D eigenvalue weighted by Gasteiger charge is 2.22. The molecular formula is C12H22N2O. The van der Waals surface area contributed by atoms with E-state index in [1.54, 1.807) is 6.92 Å². The highest BCUT2D eigenvalue weighted by atomic mass is 16.5. The standard InChI is InChI=1S/C12H22N2O/c1-10(8-12(2,14)9-13)15-7-6-11-4-3-5-11/h10-11H,3-8,14H2,1-2H3. The third-order valence-corrected chi connectivity index (χ3v) is 3.12. The van der Waals surface area contributed by atoms with Crippen LogP contribution < -0.4 is 5.73 Å². The van der Waals surface area contributed by atoms with Gasteiger partial charge in [-0.05, 0) is 26.2 Å². The predicted molar refractivity (Wildman–Crippen MR) is 60.2 cm³/mol. The summed E-state index contributed by atoms with van der Waals surface area (Å²) in [6.45, 7) is 4.55. The van der Waals surface area contributed by atoms with E-state index in [4.69, 9.17) is 15.7 Å². The summed E-state index contributed by atoms with van der Waals surface area (Å²) in [6, 6.07) is 2.09. The lowest BCUT2D eigenvalue weighted by molar-refractivity contribution is 0.0368. The lowest BCUT2D eigenvalue weighted by atomic mass is 9.83. The largest absolute Gasteiger partial charge is 0.378 e. The summed E-state index contributed by atoms with van der Waals surface area (Å²) in [4.78, 5) is 0. The number of ether oxygens (including phenoxy) is 1. The van der Waals surface area contributed by atoms with Crippen LogP contribution in [0.25, 0.3) is 0 Å². The Labute approximate surface area is 92.6 Å². The molecule has 1 saturated carbocycles. The van der Waals surface area contributed by atoms with Crippen molar-refractivity contribution in [3.05, 3.63) is 0 Å². The molecule has 3 heteroatoms. The molecule has 0 aliphatic heterocycles. The molecule has 1 aliphatic carbocycles. The quantitative estimate of drug-likeness (QED) is 0.731. The lowest BCUT2D eigenvalue weighted by Crippen LogP contribution is -2.38. The monoisotopic (exact) mass is 210 g/mol. The predicted octanol–water partition coefficient (Wildman–Crippen LogP) is 2.21. The third kappa shape index (κ3) is 4.63. The summed E-state index contributed by atoms with van der Waals surface area (Å²) >= 11 is 0. The van der Waals surface area contributed by atoms with E-state index >= 15 is 0 Å². The first kappa shape index (κ1) is 12.5. The first-order valence-electron chi connectivity index (χ1n) is 5.85. The Morgan fingerprint density at radius 2 is 2.27 bits per heavy atom. The van der Waals surface area contributed by atoms with Gasteiger partial charge < -0.3 is 10.5 Å². The highest BCUT2D eigenvalue weighted by Crippen LogP contribution is 2.29. The maximum Gasteiger partial charge on any atom is 0.103 e. The van der Waals surface area contributed by atoms with E-state index in [-0.39, 0.29) is 6.10 Å². The molecule has 2 atom stereocenters. The maximum absolute atomic E-state index is 8.77. The smallest absolute Gasteiger partial charge is 0.103 e. The molecule has 1 aliphatic rings. The van der Waals surface area contributed by atoms with E-state index in [9.17, 15) is 0 Å². The minimum atomic E-state index is -0.754. The Bertz CT molecular complexity index is 228. The summed E-state index contributed by atoms with van der Waals surface area (Å²) in [5.41, 5.74) is 4.99. The first-order valence-corrected chi connectivity index (χ1v) is 5.85. The molecular weight excluding hydrogens is 188 g/mol. The summed E-state index contributed by atoms with van der Waals surface area (Å²) in [5, 5.41) is 8.77. The first-order chi connectivity index (χ1) is 7.03. The minimum absolute atomic E-state index is 0.0831. The zero-order valence-electron chi connectivity index (χ0n) is 9.83. The van der Waals surface area contributed by atoms with Gasteiger partial charge in [0.1, 0.15) is 5.54 Å². The molecule has 0 radical (unpaired) electrons. The van der Waals surface area contributed by atoms with E-state index in [1.165, 1.54) is 19.3 Å². The van der Waals surface area contributed by atoms with Gasteiger partial charge in [-0.1, -0.05) is 19.3 Å². The molecule has 0 aromatic carbocycles. The second-order valence-corrected chi connectivity index (χ2v) is 5.00. The van der Waals surface area contributed by atoms with Crippen molar-refractivity contribution in [2.75, 3.05) is 6.61 Å². The Morgan fingerprint density at radius 3 is 2.73 bits per heavy atom. The van der Waals surface area contributed by atoms with Gasteiger partial charge in [0.25, 0.3) is 0 Å². The van der Waals surface area contributed by atoms with E-state index in [0.29, 0.717) is 6.42 Å². The molecule has 0 amide bonds. The van der Waals surface area contributed by atoms with E-state index < -0.39 is 5.54 Å². The van der Waals surface area contributed by atoms with Gasteiger partial charge in [-0.15, -0.1) is 0 Å². The second-order valence-electron chi connectivity index (χ2n) is 5.00. The van der Waals surface area contributed by atoms with Crippen molar-refractivity contribution in [3.63, 3.8) is 0 Å². The van der Waals surface area contributed by atoms with Crippen molar-refractivity contribution in [2.45, 2.75) is 57.6 Å². The van der Waals surface area contributed by atoms with E-state index in [0.717, 1.165) is 18.9 Å². The van der Waals surface area contributed by atoms with Gasteiger partial charge in [0.05, 0.1) is 12.2 Å². The Hall–Kier alpha value is -0.590. The molecule has 0 bridgehead atoms. The van der Waals surface area contributed by atoms with Gasteiger partial charge in [0, 0.05) is 13.0 Å². The van der Waals surface area contributed by atoms with Crippen LogP contribution in [0.2, 0.25) is 0 Å². The van der Waals surface area contributed by atoms with Gasteiger partial charge in [0.15, 0.2) is 0 Å². The van der Waals surface area contributed by atoms with Crippen LogP contribution >= 0.6 is 0 Å². The fourth-order valence-corrected chi connectivity index (χ4v) is 1.92. The summed E-state index contributed by atoms with van der Waals surface area (Å²) in [6.07, 6.45) is 5.97. The normalized spacial score (nSPS) is 22.5. The van der Waals surface area contributed by atoms with Crippen molar-refractivity contribution >= 4 is 0 Å². The van der Waals surface area contributed by atoms with Crippen LogP contribution in [0.3, 0.4) is 0 Å². The zero-order valence-corrected chi connectivity index (χ0v) is 9.83. The molecule has 15 heavy (non-hydrogen) atoms. The minimum Gasteiger partial charge on any atom is -0.378 e. The molecule has 2 unspecified atom stereocenters. The van der Waals surface area contributed by atoms with Gasteiger partial charge in [0.2, 0.25) is 0 Å². The molecule has 1 fully saturated rings. The maximum atomic E-state index is 8.77. The van der Waals surface area contributed by atoms with Crippen molar-refractivity contribution in [1.82, 2.24) is 0 Å². The van der Waals surface area contributed by atoms with E-state index in [2.05, 4.69) is 6.07 Å². The summed E-state index contributed by atoms with van der Waals surface area (Å²) < 4.78 is 5.65. The van der Waals surface area contributed by atoms with Crippen molar-refractivity contribution < 1.29 is 4.74 Å². The number of hydrogen-bond donors (Lipinski definition) is 1. The van der Waals surface area contributed by atoms with Crippen molar-refractivity contribution in [1.29, 1.82) is 5.26 Å². The number of nitrogens with zero attached hydrogens (tertiary/aromatic N) is 1. The fourth-order valence-electron chi connectivity index (χ4n) is 1.92. The van der Waals surface area contributed by atoms with Crippen LogP contribution in [0.5, 0.6) is 0 Å². The van der Waals surface area contributed by atoms with Gasteiger partial charge >= 0.3 is 0 Å². The lowest BCUT2D eigenvalue weighted by Gasteiger charge is -2.26. The van der Waals surface area contributed by atoms with E-state index in [1.807, 2.05) is 6.92 Å². The van der Waals surface area contributed by atoms with Gasteiger partial charge in [-0.25, -0.2) is 0 Å². The average Bonchev–Trinajstić information content (AvgIpc) is 2.09. The van der Waals surface area contributed by atoms with Crippen LogP contribution in [-0.4, -0.2) is 18.2 Å². The van der Waals surface area contributed by atoms with Crippen LogP contribution in [0.15, 0.2) is 0 Å². The molecule has 1 rings (SSSR count). The summed E-state index contributed by atoms with van der Waals surface area (Å²) in [5.74, 6) is 0.887. The van der Waals surface area contributed by atoms with Gasteiger partial charge in [-0.3, -0.25) is 0 Å². The molecule has 0 aromatic rings. The highest BCUT2D eigenvalue weighted by molar-refractivity contribution is 5.01. The zero-order chi connectivity index (χ0) is 11.3. The molecule has 86 valence electrons. The Kier molecular flexibility index (Phi) is 4.56. The molecule has 2 N–H and O–H groups in total. The average molecular weight is 210 g/mol. The van der Waals surface area contributed by atoms with Crippen LogP contribution in [0.4, 0.5) is 0 Å². The molecule has 0 spiro atoms. The number of rotatable bonds is 6. The number of nitrogens with two attached hydrogens (primary N) is 1. The second kappa shape index (κ2) is 5.48. The van der Waals surface area contributed by atoms with Gasteiger partial charge in [-0.2, -0.15) is 5.26 Å². The summed E-state index contributed by atoms with van der Waals surface area (Å²) in [7, 11) is 0. The topological polar surface area (TPSA) is 59.0 Å².